The van der Waals surface area contributed by atoms with Crippen molar-refractivity contribution in [1.29, 1.82) is 0 Å². The van der Waals surface area contributed by atoms with Gasteiger partial charge in [-0.25, -0.2) is 0 Å². The summed E-state index contributed by atoms with van der Waals surface area (Å²) in [4.78, 5) is 0. The minimum atomic E-state index is 0.283. The molecule has 0 aromatic rings. The number of unbranched alkanes of at least 4 members (excludes halogenated alkanes) is 1. The van der Waals surface area contributed by atoms with Crippen LogP contribution in [0, 0.1) is 17.3 Å². The van der Waals surface area contributed by atoms with Crippen LogP contribution in [0.15, 0.2) is 11.6 Å². The van der Waals surface area contributed by atoms with E-state index in [0.29, 0.717) is 11.3 Å². The van der Waals surface area contributed by atoms with Crippen LogP contribution in [0.2, 0.25) is 0 Å². The second-order valence-corrected chi connectivity index (χ2v) is 6.89. The first-order valence-electron chi connectivity index (χ1n) is 8.61. The number of rotatable bonds is 8. The zero-order valence-corrected chi connectivity index (χ0v) is 13.4. The molecule has 2 aliphatic rings. The average molecular weight is 280 g/mol. The molecule has 0 aromatic heterocycles. The Kier molecular flexibility index (Phi) is 6.10. The minimum Gasteiger partial charge on any atom is -0.396 e. The summed E-state index contributed by atoms with van der Waals surface area (Å²) in [6, 6.07) is 0. The third-order valence-corrected chi connectivity index (χ3v) is 5.59. The van der Waals surface area contributed by atoms with Crippen molar-refractivity contribution < 1.29 is 9.84 Å². The van der Waals surface area contributed by atoms with Crippen molar-refractivity contribution in [3.05, 3.63) is 11.6 Å². The van der Waals surface area contributed by atoms with E-state index in [2.05, 4.69) is 19.9 Å². The lowest BCUT2D eigenvalue weighted by atomic mass is 9.64. The van der Waals surface area contributed by atoms with E-state index in [-0.39, 0.29) is 6.61 Å². The van der Waals surface area contributed by atoms with E-state index in [4.69, 9.17) is 4.74 Å². The molecule has 3 atom stereocenters. The Balaban J connectivity index is 1.87. The molecule has 116 valence electrons. The fraction of sp³-hybridized carbons (Fsp3) is 0.889. The van der Waals surface area contributed by atoms with Gasteiger partial charge in [-0.3, -0.25) is 0 Å². The van der Waals surface area contributed by atoms with E-state index >= 15 is 0 Å². The van der Waals surface area contributed by atoms with Crippen molar-refractivity contribution in [3.8, 4) is 0 Å². The summed E-state index contributed by atoms with van der Waals surface area (Å²) in [5.74, 6) is 1.16. The Bertz CT molecular complexity index is 323. The number of aliphatic hydroxyl groups excluding tert-OH is 1. The Labute approximate surface area is 124 Å². The maximum Gasteiger partial charge on any atom is 0.0497 e. The SMILES string of the molecule is CCCCOCC[C@H](CO)C1=CCC2CCCC[C@]12C. The molecule has 0 saturated heterocycles. The molecule has 1 N–H and O–H groups in total. The first-order chi connectivity index (χ1) is 9.72. The molecule has 1 unspecified atom stereocenters. The number of ether oxygens (including phenoxy) is 1. The summed E-state index contributed by atoms with van der Waals surface area (Å²) in [6.07, 6.45) is 12.4. The van der Waals surface area contributed by atoms with E-state index in [0.717, 1.165) is 32.0 Å². The molecule has 20 heavy (non-hydrogen) atoms. The maximum atomic E-state index is 9.80. The fourth-order valence-electron chi connectivity index (χ4n) is 4.22. The van der Waals surface area contributed by atoms with Crippen molar-refractivity contribution >= 4 is 0 Å². The molecular formula is C18H32O2. The minimum absolute atomic E-state index is 0.283. The predicted octanol–water partition coefficient (Wildman–Crippen LogP) is 4.33. The van der Waals surface area contributed by atoms with Gasteiger partial charge in [-0.05, 0) is 43.4 Å². The number of aliphatic hydroxyl groups is 1. The van der Waals surface area contributed by atoms with Gasteiger partial charge in [0.25, 0.3) is 0 Å². The van der Waals surface area contributed by atoms with Gasteiger partial charge >= 0.3 is 0 Å². The van der Waals surface area contributed by atoms with Gasteiger partial charge in [0.2, 0.25) is 0 Å². The Morgan fingerprint density at radius 3 is 3.00 bits per heavy atom. The summed E-state index contributed by atoms with van der Waals surface area (Å²) in [7, 11) is 0. The fourth-order valence-corrected chi connectivity index (χ4v) is 4.22. The van der Waals surface area contributed by atoms with E-state index in [1.54, 1.807) is 5.57 Å². The summed E-state index contributed by atoms with van der Waals surface area (Å²) in [5.41, 5.74) is 1.92. The van der Waals surface area contributed by atoms with Gasteiger partial charge in [0, 0.05) is 25.7 Å². The smallest absolute Gasteiger partial charge is 0.0497 e. The van der Waals surface area contributed by atoms with E-state index < -0.39 is 0 Å². The van der Waals surface area contributed by atoms with Crippen LogP contribution in [0.3, 0.4) is 0 Å². The molecule has 2 nitrogen and oxygen atoms in total. The molecule has 2 heteroatoms. The number of fused-ring (bicyclic) bond motifs is 1. The highest BCUT2D eigenvalue weighted by Gasteiger charge is 2.44. The topological polar surface area (TPSA) is 29.5 Å². The van der Waals surface area contributed by atoms with Crippen molar-refractivity contribution in [2.24, 2.45) is 17.3 Å². The summed E-state index contributed by atoms with van der Waals surface area (Å²) in [6.45, 7) is 6.58. The van der Waals surface area contributed by atoms with Gasteiger partial charge in [0.1, 0.15) is 0 Å². The van der Waals surface area contributed by atoms with E-state index in [1.165, 1.54) is 38.5 Å². The van der Waals surface area contributed by atoms with Crippen molar-refractivity contribution in [2.75, 3.05) is 19.8 Å². The lowest BCUT2D eigenvalue weighted by Crippen LogP contribution is -2.32. The zero-order chi connectivity index (χ0) is 14.4. The van der Waals surface area contributed by atoms with Crippen LogP contribution in [0.1, 0.15) is 65.2 Å². The van der Waals surface area contributed by atoms with Crippen molar-refractivity contribution in [1.82, 2.24) is 0 Å². The molecule has 0 aliphatic heterocycles. The van der Waals surface area contributed by atoms with Crippen molar-refractivity contribution in [3.63, 3.8) is 0 Å². The molecule has 0 amide bonds. The molecular weight excluding hydrogens is 248 g/mol. The highest BCUT2D eigenvalue weighted by atomic mass is 16.5. The van der Waals surface area contributed by atoms with E-state index in [1.807, 2.05) is 0 Å². The van der Waals surface area contributed by atoms with Gasteiger partial charge in [-0.1, -0.05) is 44.8 Å². The van der Waals surface area contributed by atoms with Crippen LogP contribution in [-0.4, -0.2) is 24.9 Å². The van der Waals surface area contributed by atoms with Crippen LogP contribution in [0.4, 0.5) is 0 Å². The van der Waals surface area contributed by atoms with E-state index in [9.17, 15) is 5.11 Å². The molecule has 0 heterocycles. The van der Waals surface area contributed by atoms with Gasteiger partial charge in [-0.2, -0.15) is 0 Å². The monoisotopic (exact) mass is 280 g/mol. The van der Waals surface area contributed by atoms with Crippen LogP contribution in [0.25, 0.3) is 0 Å². The predicted molar refractivity (Wildman–Crippen MR) is 83.7 cm³/mol. The van der Waals surface area contributed by atoms with Gasteiger partial charge < -0.3 is 9.84 Å². The highest BCUT2D eigenvalue weighted by Crippen LogP contribution is 2.54. The third-order valence-electron chi connectivity index (χ3n) is 5.59. The van der Waals surface area contributed by atoms with Crippen molar-refractivity contribution in [2.45, 2.75) is 65.2 Å². The third kappa shape index (κ3) is 3.46. The molecule has 2 aliphatic carbocycles. The maximum absolute atomic E-state index is 9.80. The second kappa shape index (κ2) is 7.61. The highest BCUT2D eigenvalue weighted by molar-refractivity contribution is 5.25. The molecule has 0 spiro atoms. The summed E-state index contributed by atoms with van der Waals surface area (Å²) >= 11 is 0. The first kappa shape index (κ1) is 16.0. The van der Waals surface area contributed by atoms with Crippen LogP contribution in [0.5, 0.6) is 0 Å². The summed E-state index contributed by atoms with van der Waals surface area (Å²) < 4.78 is 5.70. The number of hydrogen-bond acceptors (Lipinski definition) is 2. The second-order valence-electron chi connectivity index (χ2n) is 6.89. The molecule has 0 radical (unpaired) electrons. The Hall–Kier alpha value is -0.340. The first-order valence-corrected chi connectivity index (χ1v) is 8.61. The number of hydrogen-bond donors (Lipinski definition) is 1. The van der Waals surface area contributed by atoms with Crippen LogP contribution >= 0.6 is 0 Å². The van der Waals surface area contributed by atoms with Gasteiger partial charge in [0.15, 0.2) is 0 Å². The number of allylic oxidation sites excluding steroid dienone is 1. The molecule has 0 bridgehead atoms. The quantitative estimate of drug-likeness (QED) is 0.530. The van der Waals surface area contributed by atoms with Gasteiger partial charge in [0.05, 0.1) is 0 Å². The normalized spacial score (nSPS) is 30.9. The van der Waals surface area contributed by atoms with Crippen LogP contribution in [-0.2, 0) is 4.74 Å². The largest absolute Gasteiger partial charge is 0.396 e. The Morgan fingerprint density at radius 1 is 1.40 bits per heavy atom. The lowest BCUT2D eigenvalue weighted by Gasteiger charge is -2.41. The Morgan fingerprint density at radius 2 is 2.25 bits per heavy atom. The molecule has 1 saturated carbocycles. The van der Waals surface area contributed by atoms with Gasteiger partial charge in [-0.15, -0.1) is 0 Å². The summed E-state index contributed by atoms with van der Waals surface area (Å²) in [5, 5.41) is 9.80. The molecule has 0 aromatic carbocycles. The molecule has 1 fully saturated rings. The lowest BCUT2D eigenvalue weighted by molar-refractivity contribution is 0.0975. The average Bonchev–Trinajstić information content (AvgIpc) is 2.80. The van der Waals surface area contributed by atoms with Crippen LogP contribution < -0.4 is 0 Å². The standard InChI is InChI=1S/C18H32O2/c1-3-4-12-20-13-10-15(14-19)17-9-8-16-7-5-6-11-18(16,17)2/h9,15-16,19H,3-8,10-14H2,1-2H3/t15-,16?,18+/m1/s1. The zero-order valence-electron chi connectivity index (χ0n) is 13.4. The molecule has 2 rings (SSSR count).